The molecule has 1 rings (SSSR count). The molecule has 0 aliphatic carbocycles. The molecule has 0 heterocycles. The van der Waals surface area contributed by atoms with Crippen molar-refractivity contribution in [3.8, 4) is 5.75 Å². The molecule has 0 saturated heterocycles. The second-order valence-electron chi connectivity index (χ2n) is 2.22. The summed E-state index contributed by atoms with van der Waals surface area (Å²) in [5.41, 5.74) is 0. The Morgan fingerprint density at radius 1 is 1.38 bits per heavy atom. The summed E-state index contributed by atoms with van der Waals surface area (Å²) >= 11 is 5.44. The van der Waals surface area contributed by atoms with Gasteiger partial charge in [0.05, 0.1) is 0 Å². The zero-order valence-corrected chi connectivity index (χ0v) is 7.57. The zero-order valence-electron chi connectivity index (χ0n) is 6.81. The minimum Gasteiger partial charge on any atom is -0.466 e. The van der Waals surface area contributed by atoms with Crippen molar-refractivity contribution >= 4 is 11.6 Å². The van der Waals surface area contributed by atoms with Crippen LogP contribution in [0.25, 0.3) is 0 Å². The van der Waals surface area contributed by atoms with Crippen molar-refractivity contribution in [1.29, 1.82) is 0 Å². The largest absolute Gasteiger partial charge is 0.466 e. The predicted octanol–water partition coefficient (Wildman–Crippen LogP) is 2.60. The van der Waals surface area contributed by atoms with Crippen molar-refractivity contribution in [1.82, 2.24) is 0 Å². The first-order chi connectivity index (χ1) is 6.16. The Balaban J connectivity index is 2.90. The lowest BCUT2D eigenvalue weighted by atomic mass is 10.3. The third kappa shape index (κ3) is 2.29. The van der Waals surface area contributed by atoms with E-state index < -0.39 is 11.6 Å². The van der Waals surface area contributed by atoms with Crippen molar-refractivity contribution < 1.29 is 18.3 Å². The fourth-order valence-electron chi connectivity index (χ4n) is 0.742. The van der Waals surface area contributed by atoms with Crippen LogP contribution in [0.4, 0.5) is 8.78 Å². The van der Waals surface area contributed by atoms with Crippen LogP contribution >= 0.6 is 11.6 Å². The summed E-state index contributed by atoms with van der Waals surface area (Å²) in [5.74, 6) is -2.06. The van der Waals surface area contributed by atoms with Gasteiger partial charge in [-0.25, -0.2) is 8.78 Å². The molecule has 72 valence electrons. The predicted molar refractivity (Wildman–Crippen MR) is 43.9 cm³/mol. The minimum atomic E-state index is -1.12. The van der Waals surface area contributed by atoms with Crippen LogP contribution in [0.1, 0.15) is 0 Å². The van der Waals surface area contributed by atoms with Gasteiger partial charge in [0.1, 0.15) is 10.8 Å². The highest BCUT2D eigenvalue weighted by Gasteiger charge is 2.11. The van der Waals surface area contributed by atoms with Crippen LogP contribution in [0.2, 0.25) is 5.02 Å². The van der Waals surface area contributed by atoms with Crippen LogP contribution in [0.3, 0.4) is 0 Å². The Kier molecular flexibility index (Phi) is 3.45. The van der Waals surface area contributed by atoms with Gasteiger partial charge in [-0.2, -0.15) is 0 Å². The highest BCUT2D eigenvalue weighted by atomic mass is 35.5. The number of ether oxygens (including phenoxy) is 2. The van der Waals surface area contributed by atoms with Crippen LogP contribution in [0.5, 0.6) is 5.75 Å². The van der Waals surface area contributed by atoms with Gasteiger partial charge >= 0.3 is 0 Å². The number of rotatable bonds is 3. The molecule has 0 aliphatic heterocycles. The first-order valence-electron chi connectivity index (χ1n) is 3.42. The summed E-state index contributed by atoms with van der Waals surface area (Å²) in [5, 5.41) is -0.378. The van der Waals surface area contributed by atoms with Crippen LogP contribution in [-0.4, -0.2) is 13.9 Å². The average molecular weight is 209 g/mol. The van der Waals surface area contributed by atoms with E-state index in [1.807, 2.05) is 0 Å². The number of halogens is 3. The molecule has 0 atom stereocenters. The summed E-state index contributed by atoms with van der Waals surface area (Å²) in [7, 11) is 1.41. The van der Waals surface area contributed by atoms with Crippen molar-refractivity contribution in [2.24, 2.45) is 0 Å². The van der Waals surface area contributed by atoms with Crippen LogP contribution in [0.15, 0.2) is 12.1 Å². The molecular formula is C8H7ClF2O2. The average Bonchev–Trinajstić information content (AvgIpc) is 2.13. The first kappa shape index (κ1) is 10.2. The fraction of sp³-hybridized carbons (Fsp3) is 0.250. The monoisotopic (exact) mass is 208 g/mol. The third-order valence-electron chi connectivity index (χ3n) is 1.33. The molecule has 0 spiro atoms. The van der Waals surface area contributed by atoms with Crippen LogP contribution in [-0.2, 0) is 4.74 Å². The zero-order chi connectivity index (χ0) is 9.84. The van der Waals surface area contributed by atoms with E-state index in [0.717, 1.165) is 6.07 Å². The van der Waals surface area contributed by atoms with Gasteiger partial charge in [0.15, 0.2) is 18.4 Å². The number of benzene rings is 1. The molecule has 5 heteroatoms. The Morgan fingerprint density at radius 2 is 2.08 bits per heavy atom. The Labute approximate surface area is 79.0 Å². The second-order valence-corrected chi connectivity index (χ2v) is 2.60. The molecule has 0 radical (unpaired) electrons. The van der Waals surface area contributed by atoms with E-state index in [9.17, 15) is 8.78 Å². The number of hydrogen-bond acceptors (Lipinski definition) is 2. The van der Waals surface area contributed by atoms with Crippen LogP contribution in [0, 0.1) is 11.6 Å². The van der Waals surface area contributed by atoms with E-state index in [0.29, 0.717) is 0 Å². The van der Waals surface area contributed by atoms with Crippen molar-refractivity contribution in [3.63, 3.8) is 0 Å². The molecule has 13 heavy (non-hydrogen) atoms. The van der Waals surface area contributed by atoms with E-state index in [2.05, 4.69) is 4.74 Å². The van der Waals surface area contributed by atoms with E-state index in [1.54, 1.807) is 0 Å². The maximum Gasteiger partial charge on any atom is 0.188 e. The van der Waals surface area contributed by atoms with Gasteiger partial charge < -0.3 is 9.47 Å². The van der Waals surface area contributed by atoms with Gasteiger partial charge in [-0.15, -0.1) is 0 Å². The van der Waals surface area contributed by atoms with E-state index in [-0.39, 0.29) is 17.6 Å². The maximum absolute atomic E-state index is 12.8. The molecule has 1 aromatic rings. The van der Waals surface area contributed by atoms with Gasteiger partial charge in [0.25, 0.3) is 0 Å². The fourth-order valence-corrected chi connectivity index (χ4v) is 0.950. The lowest BCUT2D eigenvalue weighted by Gasteiger charge is -2.06. The highest BCUT2D eigenvalue weighted by Crippen LogP contribution is 2.28. The third-order valence-corrected chi connectivity index (χ3v) is 1.68. The molecule has 1 aromatic carbocycles. The molecule has 0 unspecified atom stereocenters. The topological polar surface area (TPSA) is 18.5 Å². The molecular weight excluding hydrogens is 202 g/mol. The number of hydrogen-bond donors (Lipinski definition) is 0. The molecule has 0 bridgehead atoms. The summed E-state index contributed by atoms with van der Waals surface area (Å²) < 4.78 is 34.8. The van der Waals surface area contributed by atoms with Gasteiger partial charge in [-0.3, -0.25) is 0 Å². The summed E-state index contributed by atoms with van der Waals surface area (Å²) in [4.78, 5) is 0. The van der Waals surface area contributed by atoms with Crippen molar-refractivity contribution in [2.75, 3.05) is 13.9 Å². The molecule has 0 N–H and O–H groups in total. The van der Waals surface area contributed by atoms with E-state index in [1.165, 1.54) is 13.2 Å². The Morgan fingerprint density at radius 3 is 2.69 bits per heavy atom. The lowest BCUT2D eigenvalue weighted by molar-refractivity contribution is 0.0509. The smallest absolute Gasteiger partial charge is 0.188 e. The van der Waals surface area contributed by atoms with Gasteiger partial charge in [0.2, 0.25) is 0 Å². The highest BCUT2D eigenvalue weighted by molar-refractivity contribution is 6.32. The molecule has 0 amide bonds. The van der Waals surface area contributed by atoms with Gasteiger partial charge in [-0.1, -0.05) is 11.6 Å². The molecule has 2 nitrogen and oxygen atoms in total. The van der Waals surface area contributed by atoms with E-state index >= 15 is 0 Å². The minimum absolute atomic E-state index is 0.0578. The first-order valence-corrected chi connectivity index (χ1v) is 3.80. The van der Waals surface area contributed by atoms with E-state index in [4.69, 9.17) is 16.3 Å². The Hall–Kier alpha value is -0.870. The van der Waals surface area contributed by atoms with Gasteiger partial charge in [-0.05, 0) is 12.1 Å². The maximum atomic E-state index is 12.8. The Bertz CT molecular complexity index is 304. The SMILES string of the molecule is COCOc1ccc(F)c(F)c1Cl. The summed E-state index contributed by atoms with van der Waals surface area (Å²) in [6.07, 6.45) is 0. The molecule has 0 aliphatic rings. The molecule has 0 saturated carbocycles. The van der Waals surface area contributed by atoms with Crippen LogP contribution < -0.4 is 4.74 Å². The summed E-state index contributed by atoms with van der Waals surface area (Å²) in [6.45, 7) is -0.0647. The van der Waals surface area contributed by atoms with Crippen molar-refractivity contribution in [3.05, 3.63) is 28.8 Å². The van der Waals surface area contributed by atoms with Crippen molar-refractivity contribution in [2.45, 2.75) is 0 Å². The molecule has 0 fully saturated rings. The normalized spacial score (nSPS) is 10.2. The quantitative estimate of drug-likeness (QED) is 0.562. The standard InChI is InChI=1S/C8H7ClF2O2/c1-12-4-13-6-3-2-5(10)8(11)7(6)9/h2-3H,4H2,1H3. The molecule has 0 aromatic heterocycles. The summed E-state index contributed by atoms with van der Waals surface area (Å²) in [6, 6.07) is 2.17. The van der Waals surface area contributed by atoms with Gasteiger partial charge in [0, 0.05) is 7.11 Å². The number of methoxy groups -OCH3 is 1. The lowest BCUT2D eigenvalue weighted by Crippen LogP contribution is -2.00. The second kappa shape index (κ2) is 4.39.